The summed E-state index contributed by atoms with van der Waals surface area (Å²) in [7, 11) is 1.63. The Balaban J connectivity index is 2.17. The van der Waals surface area contributed by atoms with Crippen molar-refractivity contribution in [1.82, 2.24) is 4.98 Å². The Bertz CT molecular complexity index is 603. The Morgan fingerprint density at radius 2 is 2.05 bits per heavy atom. The first kappa shape index (κ1) is 15.4. The highest BCUT2D eigenvalue weighted by Gasteiger charge is 2.10. The Morgan fingerprint density at radius 1 is 1.24 bits per heavy atom. The van der Waals surface area contributed by atoms with Crippen molar-refractivity contribution in [3.05, 3.63) is 47.1 Å². The molecule has 0 bridgehead atoms. The zero-order valence-corrected chi connectivity index (χ0v) is 13.1. The minimum Gasteiger partial charge on any atom is -0.496 e. The number of pyridine rings is 1. The molecule has 2 rings (SSSR count). The van der Waals surface area contributed by atoms with E-state index in [1.165, 1.54) is 0 Å². The van der Waals surface area contributed by atoms with Gasteiger partial charge in [-0.3, -0.25) is 0 Å². The number of methoxy groups -OCH3 is 1. The zero-order chi connectivity index (χ0) is 15.2. The molecule has 0 aliphatic heterocycles. The number of nitrogens with zero attached hydrogens (tertiary/aromatic N) is 1. The number of anilines is 1. The highest BCUT2D eigenvalue weighted by atomic mass is 35.5. The lowest BCUT2D eigenvalue weighted by Crippen LogP contribution is -2.10. The van der Waals surface area contributed by atoms with E-state index in [9.17, 15) is 0 Å². The van der Waals surface area contributed by atoms with E-state index in [2.05, 4.69) is 10.3 Å². The van der Waals surface area contributed by atoms with Gasteiger partial charge in [0.2, 0.25) is 5.88 Å². The van der Waals surface area contributed by atoms with Gasteiger partial charge in [0.05, 0.1) is 18.9 Å². The highest BCUT2D eigenvalue weighted by Crippen LogP contribution is 2.29. The van der Waals surface area contributed by atoms with Crippen LogP contribution in [0.1, 0.15) is 19.4 Å². The fourth-order valence-corrected chi connectivity index (χ4v) is 2.16. The standard InChI is InChI=1S/C16H19ClN2O2/c1-11(2)21-16-14(7-5-9-18-16)19-10-12-13(17)6-4-8-15(12)20-3/h4-9,11,19H,10H2,1-3H3. The fraction of sp³-hybridized carbons (Fsp3) is 0.312. The van der Waals surface area contributed by atoms with E-state index in [0.717, 1.165) is 17.0 Å². The molecule has 0 saturated heterocycles. The van der Waals surface area contributed by atoms with Gasteiger partial charge in [0, 0.05) is 23.3 Å². The van der Waals surface area contributed by atoms with Crippen molar-refractivity contribution >= 4 is 17.3 Å². The quantitative estimate of drug-likeness (QED) is 0.871. The molecule has 0 fully saturated rings. The molecule has 1 aromatic heterocycles. The van der Waals surface area contributed by atoms with Gasteiger partial charge in [0.25, 0.3) is 0 Å². The van der Waals surface area contributed by atoms with Crippen LogP contribution < -0.4 is 14.8 Å². The summed E-state index contributed by atoms with van der Waals surface area (Å²) in [5.74, 6) is 1.34. The van der Waals surface area contributed by atoms with Gasteiger partial charge in [-0.1, -0.05) is 17.7 Å². The Morgan fingerprint density at radius 3 is 2.76 bits per heavy atom. The number of halogens is 1. The third-order valence-corrected chi connectivity index (χ3v) is 3.22. The lowest BCUT2D eigenvalue weighted by Gasteiger charge is -2.15. The lowest BCUT2D eigenvalue weighted by atomic mass is 10.2. The number of hydrogen-bond acceptors (Lipinski definition) is 4. The van der Waals surface area contributed by atoms with Gasteiger partial charge < -0.3 is 14.8 Å². The minimum absolute atomic E-state index is 0.0651. The molecule has 5 heteroatoms. The molecule has 0 spiro atoms. The summed E-state index contributed by atoms with van der Waals surface area (Å²) in [5, 5.41) is 3.96. The van der Waals surface area contributed by atoms with Gasteiger partial charge >= 0.3 is 0 Å². The molecular formula is C16H19ClN2O2. The van der Waals surface area contributed by atoms with Gasteiger partial charge in [-0.15, -0.1) is 0 Å². The number of hydrogen-bond donors (Lipinski definition) is 1. The van der Waals surface area contributed by atoms with E-state index in [-0.39, 0.29) is 6.10 Å². The molecular weight excluding hydrogens is 288 g/mol. The molecule has 0 amide bonds. The van der Waals surface area contributed by atoms with Crippen LogP contribution in [0.25, 0.3) is 0 Å². The molecule has 4 nitrogen and oxygen atoms in total. The largest absolute Gasteiger partial charge is 0.496 e. The van der Waals surface area contributed by atoms with Crippen molar-refractivity contribution in [1.29, 1.82) is 0 Å². The number of rotatable bonds is 6. The summed E-state index contributed by atoms with van der Waals surface area (Å²) in [6.45, 7) is 4.47. The van der Waals surface area contributed by atoms with E-state index >= 15 is 0 Å². The molecule has 2 aromatic rings. The first-order chi connectivity index (χ1) is 10.1. The molecule has 0 aliphatic rings. The van der Waals surface area contributed by atoms with E-state index in [1.807, 2.05) is 44.2 Å². The summed E-state index contributed by atoms with van der Waals surface area (Å²) in [6.07, 6.45) is 1.77. The van der Waals surface area contributed by atoms with Crippen molar-refractivity contribution in [3.63, 3.8) is 0 Å². The van der Waals surface area contributed by atoms with Crippen molar-refractivity contribution in [2.45, 2.75) is 26.5 Å². The van der Waals surface area contributed by atoms with Crippen LogP contribution in [0.4, 0.5) is 5.69 Å². The van der Waals surface area contributed by atoms with Gasteiger partial charge in [0.1, 0.15) is 5.75 Å². The van der Waals surface area contributed by atoms with Crippen LogP contribution in [-0.2, 0) is 6.54 Å². The van der Waals surface area contributed by atoms with Gasteiger partial charge in [-0.05, 0) is 38.1 Å². The smallest absolute Gasteiger partial charge is 0.237 e. The summed E-state index contributed by atoms with van der Waals surface area (Å²) in [4.78, 5) is 4.25. The second-order valence-electron chi connectivity index (χ2n) is 4.80. The average Bonchev–Trinajstić information content (AvgIpc) is 2.46. The second-order valence-corrected chi connectivity index (χ2v) is 5.20. The number of nitrogens with one attached hydrogen (secondary N) is 1. The molecule has 112 valence electrons. The van der Waals surface area contributed by atoms with Crippen molar-refractivity contribution < 1.29 is 9.47 Å². The number of aromatic nitrogens is 1. The number of benzene rings is 1. The summed E-state index contributed by atoms with van der Waals surface area (Å²) >= 11 is 6.23. The molecule has 0 atom stereocenters. The van der Waals surface area contributed by atoms with E-state index in [0.29, 0.717) is 17.4 Å². The van der Waals surface area contributed by atoms with Gasteiger partial charge in [-0.25, -0.2) is 4.98 Å². The first-order valence-corrected chi connectivity index (χ1v) is 7.16. The fourth-order valence-electron chi connectivity index (χ4n) is 1.93. The first-order valence-electron chi connectivity index (χ1n) is 6.78. The van der Waals surface area contributed by atoms with Gasteiger partial charge in [0.15, 0.2) is 0 Å². The summed E-state index contributed by atoms with van der Waals surface area (Å²) in [5.41, 5.74) is 1.73. The van der Waals surface area contributed by atoms with Crippen LogP contribution >= 0.6 is 11.6 Å². The third kappa shape index (κ3) is 4.02. The van der Waals surface area contributed by atoms with Crippen LogP contribution in [0.15, 0.2) is 36.5 Å². The second kappa shape index (κ2) is 7.18. The molecule has 0 unspecified atom stereocenters. The summed E-state index contributed by atoms with van der Waals surface area (Å²) < 4.78 is 11.0. The molecule has 1 aromatic carbocycles. The van der Waals surface area contributed by atoms with Crippen LogP contribution in [0.2, 0.25) is 5.02 Å². The topological polar surface area (TPSA) is 43.4 Å². The minimum atomic E-state index is 0.0651. The van der Waals surface area contributed by atoms with E-state index in [4.69, 9.17) is 21.1 Å². The molecule has 1 heterocycles. The normalized spacial score (nSPS) is 10.5. The van der Waals surface area contributed by atoms with E-state index in [1.54, 1.807) is 13.3 Å². The van der Waals surface area contributed by atoms with Crippen molar-refractivity contribution in [2.24, 2.45) is 0 Å². The third-order valence-electron chi connectivity index (χ3n) is 2.87. The van der Waals surface area contributed by atoms with Crippen LogP contribution in [-0.4, -0.2) is 18.2 Å². The zero-order valence-electron chi connectivity index (χ0n) is 12.4. The van der Waals surface area contributed by atoms with Crippen LogP contribution in [0.5, 0.6) is 11.6 Å². The highest BCUT2D eigenvalue weighted by molar-refractivity contribution is 6.31. The van der Waals surface area contributed by atoms with Crippen LogP contribution in [0.3, 0.4) is 0 Å². The molecule has 21 heavy (non-hydrogen) atoms. The maximum absolute atomic E-state index is 6.23. The lowest BCUT2D eigenvalue weighted by molar-refractivity contribution is 0.234. The SMILES string of the molecule is COc1cccc(Cl)c1CNc1cccnc1OC(C)C. The van der Waals surface area contributed by atoms with Gasteiger partial charge in [-0.2, -0.15) is 0 Å². The summed E-state index contributed by atoms with van der Waals surface area (Å²) in [6, 6.07) is 9.38. The van der Waals surface area contributed by atoms with Crippen molar-refractivity contribution in [2.75, 3.05) is 12.4 Å². The monoisotopic (exact) mass is 306 g/mol. The molecule has 1 N–H and O–H groups in total. The average molecular weight is 307 g/mol. The molecule has 0 radical (unpaired) electrons. The maximum Gasteiger partial charge on any atom is 0.237 e. The predicted molar refractivity (Wildman–Crippen MR) is 85.3 cm³/mol. The van der Waals surface area contributed by atoms with Crippen LogP contribution in [0, 0.1) is 0 Å². The Kier molecular flexibility index (Phi) is 5.28. The Hall–Kier alpha value is -1.94. The Labute approximate surface area is 130 Å². The van der Waals surface area contributed by atoms with E-state index < -0.39 is 0 Å². The molecule has 0 aliphatic carbocycles. The predicted octanol–water partition coefficient (Wildman–Crippen LogP) is 4.14. The molecule has 0 saturated carbocycles. The maximum atomic E-state index is 6.23. The van der Waals surface area contributed by atoms with Crippen molar-refractivity contribution in [3.8, 4) is 11.6 Å². The number of ether oxygens (including phenoxy) is 2.